The van der Waals surface area contributed by atoms with Gasteiger partial charge in [0, 0.05) is 0 Å². The number of aliphatic hydroxyl groups is 2. The molecule has 2 N–H and O–H groups in total. The molecule has 6 nitrogen and oxygen atoms in total. The maximum absolute atomic E-state index is 9.54. The van der Waals surface area contributed by atoms with Gasteiger partial charge in [0.05, 0.1) is 0 Å². The number of hydrogen-bond donors (Lipinski definition) is 2. The number of ether oxygens (including phenoxy) is 4. The van der Waals surface area contributed by atoms with Crippen LogP contribution >= 0.6 is 0 Å². The summed E-state index contributed by atoms with van der Waals surface area (Å²) in [5.74, 6) is -0.706. The molecule has 6 heteroatoms. The molecule has 3 rings (SSSR count). The van der Waals surface area contributed by atoms with Crippen LogP contribution in [-0.2, 0) is 18.9 Å². The minimum Gasteiger partial charge on any atom is -0.385 e. The molecule has 3 saturated heterocycles. The van der Waals surface area contributed by atoms with Crippen molar-refractivity contribution in [1.82, 2.24) is 0 Å². The predicted octanol–water partition coefficient (Wildman–Crippen LogP) is -1.06. The Bertz CT molecular complexity index is 280. The summed E-state index contributed by atoms with van der Waals surface area (Å²) < 4.78 is 21.7. The molecule has 3 fully saturated rings. The highest BCUT2D eigenvalue weighted by molar-refractivity contribution is 5.01. The van der Waals surface area contributed by atoms with Crippen molar-refractivity contribution in [3.8, 4) is 0 Å². The molecular formula is C9H14O6. The van der Waals surface area contributed by atoms with Gasteiger partial charge in [-0.25, -0.2) is 0 Å². The van der Waals surface area contributed by atoms with Crippen molar-refractivity contribution in [1.29, 1.82) is 0 Å². The molecule has 0 saturated carbocycles. The summed E-state index contributed by atoms with van der Waals surface area (Å²) in [6.45, 7) is 3.57. The molecule has 0 amide bonds. The van der Waals surface area contributed by atoms with E-state index in [0.29, 0.717) is 0 Å². The molecule has 3 aliphatic rings. The van der Waals surface area contributed by atoms with Crippen molar-refractivity contribution >= 4 is 0 Å². The van der Waals surface area contributed by atoms with Gasteiger partial charge in [-0.05, 0) is 13.8 Å². The van der Waals surface area contributed by atoms with Crippen molar-refractivity contribution < 1.29 is 29.2 Å². The summed E-state index contributed by atoms with van der Waals surface area (Å²) in [6.07, 6.45) is -4.15. The molecule has 6 atom stereocenters. The van der Waals surface area contributed by atoms with E-state index in [4.69, 9.17) is 18.9 Å². The molecule has 15 heavy (non-hydrogen) atoms. The molecule has 0 aliphatic carbocycles. The second-order valence-corrected chi connectivity index (χ2v) is 4.55. The largest absolute Gasteiger partial charge is 0.385 e. The molecule has 0 aromatic rings. The molecule has 2 unspecified atom stereocenters. The average Bonchev–Trinajstić information content (AvgIpc) is 2.66. The van der Waals surface area contributed by atoms with Crippen LogP contribution in [0.2, 0.25) is 0 Å². The van der Waals surface area contributed by atoms with E-state index in [-0.39, 0.29) is 6.10 Å². The van der Waals surface area contributed by atoms with E-state index in [9.17, 15) is 10.2 Å². The fraction of sp³-hybridized carbons (Fsp3) is 1.00. The Kier molecular flexibility index (Phi) is 1.93. The summed E-state index contributed by atoms with van der Waals surface area (Å²) >= 11 is 0. The third-order valence-electron chi connectivity index (χ3n) is 2.95. The van der Waals surface area contributed by atoms with Crippen molar-refractivity contribution in [2.24, 2.45) is 0 Å². The van der Waals surface area contributed by atoms with Crippen LogP contribution in [0.25, 0.3) is 0 Å². The van der Waals surface area contributed by atoms with Crippen LogP contribution in [-0.4, -0.2) is 53.0 Å². The number of rotatable bonds is 0. The molecule has 86 valence electrons. The van der Waals surface area contributed by atoms with E-state index in [0.717, 1.165) is 0 Å². The first-order valence-electron chi connectivity index (χ1n) is 5.01. The van der Waals surface area contributed by atoms with Crippen LogP contribution in [0.5, 0.6) is 0 Å². The third-order valence-corrected chi connectivity index (χ3v) is 2.95. The normalized spacial score (nSPS) is 56.8. The van der Waals surface area contributed by atoms with E-state index in [1.165, 1.54) is 0 Å². The molecule has 0 spiro atoms. The lowest BCUT2D eigenvalue weighted by Gasteiger charge is -2.21. The Morgan fingerprint density at radius 1 is 0.933 bits per heavy atom. The molecule has 0 aromatic carbocycles. The zero-order valence-electron chi connectivity index (χ0n) is 8.49. The Balaban J connectivity index is 1.80. The zero-order chi connectivity index (χ0) is 10.8. The molecule has 0 radical (unpaired) electrons. The first kappa shape index (κ1) is 9.95. The standard InChI is InChI=1S/C9H14O6/c1-9(2)14-6-5-4(13-8(6)15-9)3(10)7(11)12-5/h3-8,10-11H,1-2H3/t3-,4?,5-,6+,7?,8+/m1/s1. The van der Waals surface area contributed by atoms with Gasteiger partial charge in [0.1, 0.15) is 24.4 Å². The van der Waals surface area contributed by atoms with Crippen molar-refractivity contribution in [2.45, 2.75) is 56.6 Å². The fourth-order valence-corrected chi connectivity index (χ4v) is 2.34. The molecule has 3 heterocycles. The van der Waals surface area contributed by atoms with Gasteiger partial charge in [0.15, 0.2) is 18.4 Å². The van der Waals surface area contributed by atoms with Gasteiger partial charge in [-0.1, -0.05) is 0 Å². The predicted molar refractivity (Wildman–Crippen MR) is 45.6 cm³/mol. The number of fused-ring (bicyclic) bond motifs is 3. The van der Waals surface area contributed by atoms with Gasteiger partial charge in [-0.15, -0.1) is 0 Å². The second kappa shape index (κ2) is 2.91. The average molecular weight is 218 g/mol. The van der Waals surface area contributed by atoms with Gasteiger partial charge in [-0.3, -0.25) is 0 Å². The van der Waals surface area contributed by atoms with Crippen LogP contribution in [0.15, 0.2) is 0 Å². The Hall–Kier alpha value is -0.240. The van der Waals surface area contributed by atoms with Crippen LogP contribution < -0.4 is 0 Å². The zero-order valence-corrected chi connectivity index (χ0v) is 8.49. The van der Waals surface area contributed by atoms with Crippen LogP contribution in [0.1, 0.15) is 13.8 Å². The first-order valence-corrected chi connectivity index (χ1v) is 5.01. The highest BCUT2D eigenvalue weighted by Crippen LogP contribution is 2.42. The third kappa shape index (κ3) is 1.33. The van der Waals surface area contributed by atoms with E-state index < -0.39 is 36.7 Å². The Morgan fingerprint density at radius 2 is 1.67 bits per heavy atom. The molecule has 3 aliphatic heterocycles. The minimum atomic E-state index is -1.20. The van der Waals surface area contributed by atoms with Crippen LogP contribution in [0.4, 0.5) is 0 Å². The van der Waals surface area contributed by atoms with Crippen molar-refractivity contribution in [3.63, 3.8) is 0 Å². The Labute approximate surface area is 86.7 Å². The monoisotopic (exact) mass is 218 g/mol. The number of aliphatic hydroxyl groups excluding tert-OH is 2. The topological polar surface area (TPSA) is 77.4 Å². The highest BCUT2D eigenvalue weighted by atomic mass is 16.9. The summed E-state index contributed by atoms with van der Waals surface area (Å²) in [5.41, 5.74) is 0. The second-order valence-electron chi connectivity index (χ2n) is 4.55. The molecule has 0 aromatic heterocycles. The summed E-state index contributed by atoms with van der Waals surface area (Å²) in [6, 6.07) is 0. The van der Waals surface area contributed by atoms with Gasteiger partial charge >= 0.3 is 0 Å². The smallest absolute Gasteiger partial charge is 0.190 e. The minimum absolute atomic E-state index is 0.378. The van der Waals surface area contributed by atoms with Crippen LogP contribution in [0.3, 0.4) is 0 Å². The molecule has 0 bridgehead atoms. The van der Waals surface area contributed by atoms with Crippen molar-refractivity contribution in [3.05, 3.63) is 0 Å². The van der Waals surface area contributed by atoms with E-state index in [2.05, 4.69) is 0 Å². The van der Waals surface area contributed by atoms with E-state index in [1.807, 2.05) is 0 Å². The lowest BCUT2D eigenvalue weighted by molar-refractivity contribution is -0.214. The summed E-state index contributed by atoms with van der Waals surface area (Å²) in [4.78, 5) is 0. The van der Waals surface area contributed by atoms with E-state index >= 15 is 0 Å². The quantitative estimate of drug-likeness (QED) is 0.539. The SMILES string of the molecule is CC1(C)O[C@@H]2OC3[C@@H](O)C(O)O[C@H]3[C@@H]2O1. The first-order chi connectivity index (χ1) is 6.98. The molecular weight excluding hydrogens is 204 g/mol. The van der Waals surface area contributed by atoms with Gasteiger partial charge in [-0.2, -0.15) is 0 Å². The maximum Gasteiger partial charge on any atom is 0.190 e. The lowest BCUT2D eigenvalue weighted by Crippen LogP contribution is -2.35. The maximum atomic E-state index is 9.54. The summed E-state index contributed by atoms with van der Waals surface area (Å²) in [5, 5.41) is 18.8. The highest BCUT2D eigenvalue weighted by Gasteiger charge is 2.61. The Morgan fingerprint density at radius 3 is 2.40 bits per heavy atom. The van der Waals surface area contributed by atoms with Gasteiger partial charge < -0.3 is 29.2 Å². The summed E-state index contributed by atoms with van der Waals surface area (Å²) in [7, 11) is 0. The van der Waals surface area contributed by atoms with E-state index in [1.54, 1.807) is 13.8 Å². The number of hydrogen-bond acceptors (Lipinski definition) is 6. The van der Waals surface area contributed by atoms with Gasteiger partial charge in [0.2, 0.25) is 0 Å². The van der Waals surface area contributed by atoms with Crippen molar-refractivity contribution in [2.75, 3.05) is 0 Å². The van der Waals surface area contributed by atoms with Crippen LogP contribution in [0, 0.1) is 0 Å². The van der Waals surface area contributed by atoms with Gasteiger partial charge in [0.25, 0.3) is 0 Å². The lowest BCUT2D eigenvalue weighted by atomic mass is 10.1. The fourth-order valence-electron chi connectivity index (χ4n) is 2.34.